The number of sulfonamides is 1. The van der Waals surface area contributed by atoms with Crippen LogP contribution in [0.2, 0.25) is 5.02 Å². The Morgan fingerprint density at radius 1 is 1.04 bits per heavy atom. The molecule has 0 unspecified atom stereocenters. The second-order valence-electron chi connectivity index (χ2n) is 5.94. The quantitative estimate of drug-likeness (QED) is 0.546. The zero-order valence-electron chi connectivity index (χ0n) is 14.6. The molecular weight excluding hydrogens is 466 g/mol. The van der Waals surface area contributed by atoms with E-state index >= 15 is 0 Å². The van der Waals surface area contributed by atoms with Gasteiger partial charge in [-0.05, 0) is 70.9 Å². The summed E-state index contributed by atoms with van der Waals surface area (Å²) in [6.45, 7) is 1.68. The van der Waals surface area contributed by atoms with Gasteiger partial charge in [0.25, 0.3) is 15.9 Å². The number of aryl methyl sites for hydroxylation is 1. The smallest absolute Gasteiger partial charge is 0.262 e. The zero-order chi connectivity index (χ0) is 20.3. The van der Waals surface area contributed by atoms with Crippen molar-refractivity contribution >= 4 is 54.8 Å². The Morgan fingerprint density at radius 3 is 2.39 bits per heavy atom. The number of hydrogen-bond acceptors (Lipinski definition) is 4. The predicted molar refractivity (Wildman–Crippen MR) is 113 cm³/mol. The monoisotopic (exact) mass is 479 g/mol. The molecule has 9 heteroatoms. The van der Waals surface area contributed by atoms with Gasteiger partial charge in [-0.3, -0.25) is 14.5 Å². The van der Waals surface area contributed by atoms with Gasteiger partial charge in [-0.15, -0.1) is 0 Å². The molecule has 0 fully saturated rings. The number of carbonyl (C=O) groups is 1. The van der Waals surface area contributed by atoms with E-state index in [-0.39, 0.29) is 4.90 Å². The van der Waals surface area contributed by atoms with Crippen LogP contribution >= 0.6 is 27.5 Å². The van der Waals surface area contributed by atoms with Gasteiger partial charge in [-0.2, -0.15) is 0 Å². The molecule has 6 nitrogen and oxygen atoms in total. The predicted octanol–water partition coefficient (Wildman–Crippen LogP) is 4.86. The van der Waals surface area contributed by atoms with Gasteiger partial charge in [0.1, 0.15) is 0 Å². The zero-order valence-corrected chi connectivity index (χ0v) is 17.8. The van der Waals surface area contributed by atoms with Crippen LogP contribution in [0.5, 0.6) is 0 Å². The number of rotatable bonds is 5. The van der Waals surface area contributed by atoms with Crippen LogP contribution in [0.25, 0.3) is 0 Å². The van der Waals surface area contributed by atoms with Gasteiger partial charge >= 0.3 is 0 Å². The minimum absolute atomic E-state index is 0.0626. The van der Waals surface area contributed by atoms with Crippen LogP contribution in [0.15, 0.2) is 70.3 Å². The van der Waals surface area contributed by atoms with E-state index in [1.807, 2.05) is 0 Å². The lowest BCUT2D eigenvalue weighted by Crippen LogP contribution is -2.16. The highest BCUT2D eigenvalue weighted by molar-refractivity contribution is 9.10. The molecule has 0 atom stereocenters. The number of nitrogens with zero attached hydrogens (tertiary/aromatic N) is 1. The number of pyridine rings is 1. The Hall–Kier alpha value is -2.42. The minimum Gasteiger partial charge on any atom is -0.322 e. The summed E-state index contributed by atoms with van der Waals surface area (Å²) >= 11 is 9.09. The molecule has 1 amide bonds. The second-order valence-corrected chi connectivity index (χ2v) is 8.94. The number of nitrogens with one attached hydrogen (secondary N) is 2. The van der Waals surface area contributed by atoms with Gasteiger partial charge in [0.15, 0.2) is 0 Å². The lowest BCUT2D eigenvalue weighted by atomic mass is 10.2. The van der Waals surface area contributed by atoms with Crippen LogP contribution in [-0.4, -0.2) is 19.3 Å². The van der Waals surface area contributed by atoms with Gasteiger partial charge in [0.05, 0.1) is 10.5 Å². The molecule has 3 rings (SSSR count). The number of carbonyl (C=O) groups excluding carboxylic acids is 1. The summed E-state index contributed by atoms with van der Waals surface area (Å²) < 4.78 is 28.7. The molecule has 0 bridgehead atoms. The van der Waals surface area contributed by atoms with Crippen molar-refractivity contribution in [2.24, 2.45) is 0 Å². The summed E-state index contributed by atoms with van der Waals surface area (Å²) in [7, 11) is -3.85. The van der Waals surface area contributed by atoms with Gasteiger partial charge < -0.3 is 5.32 Å². The molecule has 2 aromatic carbocycles. The maximum Gasteiger partial charge on any atom is 0.262 e. The van der Waals surface area contributed by atoms with Crippen LogP contribution < -0.4 is 10.0 Å². The second kappa shape index (κ2) is 8.30. The Labute approximate surface area is 176 Å². The molecule has 3 aromatic rings. The lowest BCUT2D eigenvalue weighted by molar-refractivity contribution is 0.102. The number of benzene rings is 2. The first-order valence-electron chi connectivity index (χ1n) is 8.05. The molecule has 28 heavy (non-hydrogen) atoms. The van der Waals surface area contributed by atoms with Gasteiger partial charge in [0, 0.05) is 33.3 Å². The van der Waals surface area contributed by atoms with E-state index in [4.69, 9.17) is 11.6 Å². The fourth-order valence-corrected chi connectivity index (χ4v) is 4.26. The molecule has 0 spiro atoms. The summed E-state index contributed by atoms with van der Waals surface area (Å²) in [6, 6.07) is 12.6. The Kier molecular flexibility index (Phi) is 6.02. The first kappa shape index (κ1) is 20.3. The van der Waals surface area contributed by atoms with E-state index < -0.39 is 15.9 Å². The SMILES string of the molecule is Cc1ccc(NC(=O)c2cncc(Br)c2)cc1S(=O)(=O)Nc1ccc(Cl)cc1. The first-order valence-corrected chi connectivity index (χ1v) is 10.7. The molecule has 1 aromatic heterocycles. The number of hydrogen-bond donors (Lipinski definition) is 2. The van der Waals surface area contributed by atoms with E-state index in [1.54, 1.807) is 55.6 Å². The maximum atomic E-state index is 12.8. The molecule has 1 heterocycles. The van der Waals surface area contributed by atoms with E-state index in [0.717, 1.165) is 0 Å². The highest BCUT2D eigenvalue weighted by Gasteiger charge is 2.18. The normalized spacial score (nSPS) is 11.1. The fraction of sp³-hybridized carbons (Fsp3) is 0.0526. The van der Waals surface area contributed by atoms with E-state index in [0.29, 0.717) is 32.0 Å². The topological polar surface area (TPSA) is 88.2 Å². The largest absolute Gasteiger partial charge is 0.322 e. The summed E-state index contributed by atoms with van der Waals surface area (Å²) in [5, 5.41) is 3.19. The molecule has 0 aliphatic heterocycles. The molecule has 0 aliphatic carbocycles. The van der Waals surface area contributed by atoms with Crippen LogP contribution in [0.3, 0.4) is 0 Å². The van der Waals surface area contributed by atoms with Crippen molar-refractivity contribution < 1.29 is 13.2 Å². The van der Waals surface area contributed by atoms with Crippen molar-refractivity contribution in [3.05, 3.63) is 81.5 Å². The number of amides is 1. The highest BCUT2D eigenvalue weighted by Crippen LogP contribution is 2.24. The molecular formula is C19H15BrClN3O3S. The van der Waals surface area contributed by atoms with Gasteiger partial charge in [-0.25, -0.2) is 8.42 Å². The van der Waals surface area contributed by atoms with Crippen molar-refractivity contribution in [3.8, 4) is 0 Å². The summed E-state index contributed by atoms with van der Waals surface area (Å²) in [6.07, 6.45) is 2.99. The maximum absolute atomic E-state index is 12.8. The minimum atomic E-state index is -3.85. The van der Waals surface area contributed by atoms with Crippen molar-refractivity contribution in [1.82, 2.24) is 4.98 Å². The third-order valence-corrected chi connectivity index (χ3v) is 6.01. The van der Waals surface area contributed by atoms with Crippen LogP contribution in [-0.2, 0) is 10.0 Å². The molecule has 0 radical (unpaired) electrons. The van der Waals surface area contributed by atoms with Gasteiger partial charge in [0.2, 0.25) is 0 Å². The van der Waals surface area contributed by atoms with Crippen LogP contribution in [0.4, 0.5) is 11.4 Å². The fourth-order valence-electron chi connectivity index (χ4n) is 2.43. The molecule has 0 saturated carbocycles. The van der Waals surface area contributed by atoms with Crippen LogP contribution in [0, 0.1) is 6.92 Å². The third-order valence-electron chi connectivity index (χ3n) is 3.80. The number of aromatic nitrogens is 1. The average molecular weight is 481 g/mol. The van der Waals surface area contributed by atoms with Gasteiger partial charge in [-0.1, -0.05) is 17.7 Å². The average Bonchev–Trinajstić information content (AvgIpc) is 2.65. The van der Waals surface area contributed by atoms with Crippen molar-refractivity contribution in [1.29, 1.82) is 0 Å². The summed E-state index contributed by atoms with van der Waals surface area (Å²) in [5.41, 5.74) is 1.63. The Bertz CT molecular complexity index is 1140. The standard InChI is InChI=1S/C19H15BrClN3O3S/c1-12-2-5-17(23-19(25)13-8-14(20)11-22-10-13)9-18(12)28(26,27)24-16-6-3-15(21)4-7-16/h2-11,24H,1H3,(H,23,25). The molecule has 0 aliphatic rings. The van der Waals surface area contributed by atoms with Crippen LogP contribution in [0.1, 0.15) is 15.9 Å². The Balaban J connectivity index is 1.86. The van der Waals surface area contributed by atoms with E-state index in [2.05, 4.69) is 31.0 Å². The van der Waals surface area contributed by atoms with Crippen molar-refractivity contribution in [2.75, 3.05) is 10.0 Å². The first-order chi connectivity index (χ1) is 13.2. The molecule has 2 N–H and O–H groups in total. The molecule has 144 valence electrons. The number of anilines is 2. The Morgan fingerprint density at radius 2 is 1.71 bits per heavy atom. The lowest BCUT2D eigenvalue weighted by Gasteiger charge is -2.13. The third kappa shape index (κ3) is 4.89. The summed E-state index contributed by atoms with van der Waals surface area (Å²) in [4.78, 5) is 16.4. The van der Waals surface area contributed by atoms with E-state index in [1.165, 1.54) is 12.3 Å². The highest BCUT2D eigenvalue weighted by atomic mass is 79.9. The molecule has 0 saturated heterocycles. The van der Waals surface area contributed by atoms with E-state index in [9.17, 15) is 13.2 Å². The number of halogens is 2. The van der Waals surface area contributed by atoms with Crippen molar-refractivity contribution in [3.63, 3.8) is 0 Å². The summed E-state index contributed by atoms with van der Waals surface area (Å²) in [5.74, 6) is -0.397. The van der Waals surface area contributed by atoms with Crippen molar-refractivity contribution in [2.45, 2.75) is 11.8 Å².